The lowest BCUT2D eigenvalue weighted by molar-refractivity contribution is 0.0692. The van der Waals surface area contributed by atoms with Gasteiger partial charge in [0.1, 0.15) is 11.6 Å². The van der Waals surface area contributed by atoms with Gasteiger partial charge in [0.2, 0.25) is 11.7 Å². The molecule has 0 saturated heterocycles. The van der Waals surface area contributed by atoms with Crippen LogP contribution in [0.5, 0.6) is 5.75 Å². The van der Waals surface area contributed by atoms with Crippen molar-refractivity contribution in [1.29, 1.82) is 0 Å². The number of benzene rings is 2. The molecule has 1 heterocycles. The number of hydrogen-bond acceptors (Lipinski definition) is 7. The van der Waals surface area contributed by atoms with E-state index in [1.807, 2.05) is 32.9 Å². The first-order chi connectivity index (χ1) is 16.2. The Hall–Kier alpha value is -4.21. The molecule has 34 heavy (non-hydrogen) atoms. The number of carboxylic acids is 1. The Morgan fingerprint density at radius 3 is 2.53 bits per heavy atom. The molecule has 0 aliphatic heterocycles. The van der Waals surface area contributed by atoms with Crippen LogP contribution in [0.1, 0.15) is 54.9 Å². The molecule has 0 aliphatic carbocycles. The normalized spacial score (nSPS) is 12.4. The monoisotopic (exact) mass is 468 g/mol. The summed E-state index contributed by atoms with van der Waals surface area (Å²) in [5.74, 6) is -0.493. The molecule has 0 fully saturated rings. The quantitative estimate of drug-likeness (QED) is 0.189. The Kier molecular flexibility index (Phi) is 7.62. The number of aromatic carboxylic acids is 1. The Labute approximate surface area is 195 Å². The fourth-order valence-corrected chi connectivity index (χ4v) is 2.88. The van der Waals surface area contributed by atoms with Crippen LogP contribution in [0.4, 0.5) is 4.39 Å². The highest BCUT2D eigenvalue weighted by molar-refractivity contribution is 5.98. The summed E-state index contributed by atoms with van der Waals surface area (Å²) in [6.45, 7) is 9.66. The van der Waals surface area contributed by atoms with Crippen molar-refractivity contribution in [1.82, 2.24) is 10.1 Å². The molecule has 0 bridgehead atoms. The van der Waals surface area contributed by atoms with Gasteiger partial charge in [0, 0.05) is 17.0 Å². The summed E-state index contributed by atoms with van der Waals surface area (Å²) in [5.41, 5.74) is 6.32. The maximum atomic E-state index is 13.9. The summed E-state index contributed by atoms with van der Waals surface area (Å²) in [7, 11) is 0. The van der Waals surface area contributed by atoms with E-state index in [0.29, 0.717) is 23.9 Å². The second kappa shape index (κ2) is 10.6. The summed E-state index contributed by atoms with van der Waals surface area (Å²) in [6.07, 6.45) is -0.00758. The maximum Gasteiger partial charge on any atom is 0.338 e. The molecule has 10 heteroatoms. The first-order valence-corrected chi connectivity index (χ1v) is 10.5. The number of nitrogens with zero attached hydrogens (tertiary/aromatic N) is 3. The molecule has 3 rings (SSSR count). The molecular formula is C24H25FN4O5. The highest BCUT2D eigenvalue weighted by atomic mass is 19.1. The Balaban J connectivity index is 1.64. The molecule has 1 atom stereocenters. The lowest BCUT2D eigenvalue weighted by Gasteiger charge is -2.18. The molecule has 9 nitrogen and oxygen atoms in total. The zero-order chi connectivity index (χ0) is 24.8. The van der Waals surface area contributed by atoms with Gasteiger partial charge in [0.05, 0.1) is 5.56 Å². The third-order valence-electron chi connectivity index (χ3n) is 4.81. The van der Waals surface area contributed by atoms with Gasteiger partial charge in [-0.25, -0.2) is 9.18 Å². The number of aromatic nitrogens is 2. The number of carbonyl (C=O) groups is 1. The van der Waals surface area contributed by atoms with Crippen molar-refractivity contribution in [2.45, 2.75) is 39.2 Å². The lowest BCUT2D eigenvalue weighted by Crippen LogP contribution is -2.20. The Morgan fingerprint density at radius 1 is 1.26 bits per heavy atom. The summed E-state index contributed by atoms with van der Waals surface area (Å²) < 4.78 is 25.0. The molecule has 3 N–H and O–H groups in total. The SMILES string of the molecule is C=C(O/N=C(\N)c1ccc(C(=O)O)c(F)c1)C(CC)Oc1ccc(-c2noc(C(C)C)n2)cc1. The smallest absolute Gasteiger partial charge is 0.338 e. The van der Waals surface area contributed by atoms with Gasteiger partial charge >= 0.3 is 5.97 Å². The van der Waals surface area contributed by atoms with Crippen molar-refractivity contribution in [3.05, 3.63) is 77.6 Å². The highest BCUT2D eigenvalue weighted by Crippen LogP contribution is 2.24. The number of carboxylic acid groups (broad SMARTS) is 1. The fourth-order valence-electron chi connectivity index (χ4n) is 2.88. The molecule has 1 unspecified atom stereocenters. The number of oxime groups is 1. The summed E-state index contributed by atoms with van der Waals surface area (Å²) in [6, 6.07) is 10.6. The molecule has 2 aromatic carbocycles. The molecule has 1 aromatic heterocycles. The van der Waals surface area contributed by atoms with Crippen LogP contribution in [0.25, 0.3) is 11.4 Å². The second-order valence-corrected chi connectivity index (χ2v) is 7.68. The number of nitrogens with two attached hydrogens (primary N) is 1. The topological polar surface area (TPSA) is 133 Å². The summed E-state index contributed by atoms with van der Waals surface area (Å²) in [4.78, 5) is 20.6. The van der Waals surface area contributed by atoms with Crippen LogP contribution in [-0.4, -0.2) is 33.2 Å². The molecule has 0 radical (unpaired) electrons. The van der Waals surface area contributed by atoms with Gasteiger partial charge in [-0.3, -0.25) is 0 Å². The minimum Gasteiger partial charge on any atom is -0.482 e. The largest absolute Gasteiger partial charge is 0.482 e. The number of rotatable bonds is 10. The predicted octanol–water partition coefficient (Wildman–Crippen LogP) is 4.71. The summed E-state index contributed by atoms with van der Waals surface area (Å²) in [5, 5.41) is 16.7. The van der Waals surface area contributed by atoms with Gasteiger partial charge in [0.15, 0.2) is 17.7 Å². The van der Waals surface area contributed by atoms with Gasteiger partial charge in [0.25, 0.3) is 0 Å². The zero-order valence-electron chi connectivity index (χ0n) is 19.0. The number of ether oxygens (including phenoxy) is 1. The lowest BCUT2D eigenvalue weighted by atomic mass is 10.1. The Morgan fingerprint density at radius 2 is 1.97 bits per heavy atom. The van der Waals surface area contributed by atoms with Gasteiger partial charge < -0.3 is 24.9 Å². The molecule has 3 aromatic rings. The molecule has 0 spiro atoms. The highest BCUT2D eigenvalue weighted by Gasteiger charge is 2.17. The maximum absolute atomic E-state index is 13.9. The van der Waals surface area contributed by atoms with E-state index in [1.165, 1.54) is 6.07 Å². The first-order valence-electron chi connectivity index (χ1n) is 10.5. The van der Waals surface area contributed by atoms with Crippen molar-refractivity contribution in [2.24, 2.45) is 10.9 Å². The number of hydrogen-bond donors (Lipinski definition) is 2. The summed E-state index contributed by atoms with van der Waals surface area (Å²) >= 11 is 0. The van der Waals surface area contributed by atoms with Crippen LogP contribution < -0.4 is 10.5 Å². The van der Waals surface area contributed by atoms with E-state index < -0.39 is 23.5 Å². The van der Waals surface area contributed by atoms with E-state index in [2.05, 4.69) is 21.9 Å². The van der Waals surface area contributed by atoms with Gasteiger partial charge in [-0.15, -0.1) is 0 Å². The van der Waals surface area contributed by atoms with Crippen LogP contribution in [-0.2, 0) is 4.84 Å². The van der Waals surface area contributed by atoms with E-state index in [9.17, 15) is 9.18 Å². The standard InChI is InChI=1S/C24H25FN4O5/c1-5-20(14(4)33-28-21(26)16-8-11-18(24(30)31)19(25)12-16)32-17-9-6-15(7-10-17)22-27-23(13(2)3)34-29-22/h6-13,20H,4-5H2,1-3H3,(H2,26,28)(H,30,31). The molecule has 0 saturated carbocycles. The van der Waals surface area contributed by atoms with Crippen molar-refractivity contribution in [3.8, 4) is 17.1 Å². The first kappa shape index (κ1) is 24.4. The third kappa shape index (κ3) is 5.77. The second-order valence-electron chi connectivity index (χ2n) is 7.68. The molecular weight excluding hydrogens is 443 g/mol. The van der Waals surface area contributed by atoms with Crippen LogP contribution in [0, 0.1) is 5.82 Å². The predicted molar refractivity (Wildman–Crippen MR) is 123 cm³/mol. The average molecular weight is 468 g/mol. The van der Waals surface area contributed by atoms with Crippen LogP contribution in [0.3, 0.4) is 0 Å². The fraction of sp³-hybridized carbons (Fsp3) is 0.250. The van der Waals surface area contributed by atoms with Crippen molar-refractivity contribution in [2.75, 3.05) is 0 Å². The minimum atomic E-state index is -1.38. The van der Waals surface area contributed by atoms with Crippen LogP contribution in [0.2, 0.25) is 0 Å². The molecule has 0 amide bonds. The van der Waals surface area contributed by atoms with Gasteiger partial charge in [-0.2, -0.15) is 4.98 Å². The molecule has 178 valence electrons. The van der Waals surface area contributed by atoms with E-state index in [4.69, 9.17) is 24.9 Å². The van der Waals surface area contributed by atoms with Crippen molar-refractivity contribution < 1.29 is 28.4 Å². The number of amidine groups is 1. The third-order valence-corrected chi connectivity index (χ3v) is 4.81. The van der Waals surface area contributed by atoms with Gasteiger partial charge in [-0.1, -0.05) is 43.7 Å². The molecule has 0 aliphatic rings. The zero-order valence-corrected chi connectivity index (χ0v) is 19.0. The van der Waals surface area contributed by atoms with Crippen molar-refractivity contribution >= 4 is 11.8 Å². The van der Waals surface area contributed by atoms with E-state index in [0.717, 1.165) is 17.7 Å². The van der Waals surface area contributed by atoms with Gasteiger partial charge in [-0.05, 0) is 42.8 Å². The van der Waals surface area contributed by atoms with E-state index in [1.54, 1.807) is 12.1 Å². The van der Waals surface area contributed by atoms with E-state index in [-0.39, 0.29) is 23.1 Å². The minimum absolute atomic E-state index is 0.139. The van der Waals surface area contributed by atoms with Crippen molar-refractivity contribution in [3.63, 3.8) is 0 Å². The average Bonchev–Trinajstić information content (AvgIpc) is 3.31. The number of halogens is 1. The van der Waals surface area contributed by atoms with E-state index >= 15 is 0 Å². The Bertz CT molecular complexity index is 1200. The van der Waals surface area contributed by atoms with Crippen LogP contribution >= 0.6 is 0 Å². The van der Waals surface area contributed by atoms with Crippen LogP contribution in [0.15, 0.2) is 64.5 Å².